The van der Waals surface area contributed by atoms with Gasteiger partial charge in [0.15, 0.2) is 6.61 Å². The highest BCUT2D eigenvalue weighted by atomic mass is 16.6. The van der Waals surface area contributed by atoms with Gasteiger partial charge in [-0.2, -0.15) is 0 Å². The molecule has 81 valence electrons. The largest absolute Gasteiger partial charge is 0.460 e. The van der Waals surface area contributed by atoms with E-state index in [1.807, 2.05) is 0 Å². The van der Waals surface area contributed by atoms with Crippen LogP contribution in [-0.4, -0.2) is 30.6 Å². The molecule has 0 aromatic heterocycles. The van der Waals surface area contributed by atoms with Gasteiger partial charge in [-0.25, -0.2) is 5.11 Å². The Kier molecular flexibility index (Phi) is 5.15. The van der Waals surface area contributed by atoms with Gasteiger partial charge < -0.3 is 10.1 Å². The number of hydrogen-bond acceptors (Lipinski definition) is 3. The molecule has 0 spiro atoms. The van der Waals surface area contributed by atoms with Crippen molar-refractivity contribution < 1.29 is 19.4 Å². The van der Waals surface area contributed by atoms with Gasteiger partial charge in [-0.1, -0.05) is 0 Å². The Labute approximate surface area is 83.4 Å². The first kappa shape index (κ1) is 12.9. The van der Waals surface area contributed by atoms with Crippen LogP contribution in [0.2, 0.25) is 0 Å². The van der Waals surface area contributed by atoms with E-state index in [1.165, 1.54) is 0 Å². The lowest BCUT2D eigenvalue weighted by atomic mass is 10.2. The Bertz CT molecular complexity index is 207. The number of carbonyl (C=O) groups excluding carboxylic acids is 2. The van der Waals surface area contributed by atoms with Crippen molar-refractivity contribution in [3.63, 3.8) is 0 Å². The van der Waals surface area contributed by atoms with Crippen molar-refractivity contribution in [2.45, 2.75) is 32.8 Å². The smallest absolute Gasteiger partial charge is 0.308 e. The van der Waals surface area contributed by atoms with Gasteiger partial charge in [0.2, 0.25) is 5.91 Å². The van der Waals surface area contributed by atoms with Crippen LogP contribution in [0, 0.1) is 0 Å². The van der Waals surface area contributed by atoms with Crippen LogP contribution in [0.1, 0.15) is 27.2 Å². The first-order chi connectivity index (χ1) is 6.35. The number of nitrogens with one attached hydrogen (secondary N) is 1. The Morgan fingerprint density at radius 1 is 1.29 bits per heavy atom. The monoisotopic (exact) mass is 202 g/mol. The third-order valence-electron chi connectivity index (χ3n) is 1.20. The highest BCUT2D eigenvalue weighted by molar-refractivity contribution is 5.77. The number of amides is 1. The first-order valence-corrected chi connectivity index (χ1v) is 4.42. The molecule has 0 aliphatic rings. The maximum absolute atomic E-state index is 11.1. The number of hydrogen-bond donors (Lipinski definition) is 1. The molecule has 0 heterocycles. The fourth-order valence-electron chi connectivity index (χ4n) is 0.748. The number of rotatable bonds is 4. The summed E-state index contributed by atoms with van der Waals surface area (Å²) in [6, 6.07) is 0. The quantitative estimate of drug-likeness (QED) is 0.664. The molecular formula is C9H16NO4. The van der Waals surface area contributed by atoms with Crippen LogP contribution < -0.4 is 5.32 Å². The van der Waals surface area contributed by atoms with E-state index in [-0.39, 0.29) is 18.9 Å². The summed E-state index contributed by atoms with van der Waals surface area (Å²) in [5.41, 5.74) is -0.514. The van der Waals surface area contributed by atoms with Crippen molar-refractivity contribution in [3.8, 4) is 0 Å². The van der Waals surface area contributed by atoms with E-state index in [2.05, 4.69) is 5.32 Å². The minimum atomic E-state index is -0.811. The molecule has 0 rings (SSSR count). The zero-order chi connectivity index (χ0) is 11.2. The van der Waals surface area contributed by atoms with Gasteiger partial charge in [0, 0.05) is 6.54 Å². The topological polar surface area (TPSA) is 75.3 Å². The van der Waals surface area contributed by atoms with Gasteiger partial charge in [0.1, 0.15) is 5.60 Å². The summed E-state index contributed by atoms with van der Waals surface area (Å²) in [6.45, 7) is 4.63. The fraction of sp³-hybridized carbons (Fsp3) is 0.778. The summed E-state index contributed by atoms with van der Waals surface area (Å²) in [5, 5.41) is 12.3. The molecule has 0 aliphatic heterocycles. The highest BCUT2D eigenvalue weighted by Crippen LogP contribution is 2.07. The molecule has 0 saturated heterocycles. The predicted octanol–water partition coefficient (Wildman–Crippen LogP) is 0.265. The summed E-state index contributed by atoms with van der Waals surface area (Å²) in [6.07, 6.45) is 0.0863. The van der Waals surface area contributed by atoms with Crippen LogP contribution in [-0.2, 0) is 19.4 Å². The summed E-state index contributed by atoms with van der Waals surface area (Å²) >= 11 is 0. The van der Waals surface area contributed by atoms with Crippen LogP contribution >= 0.6 is 0 Å². The van der Waals surface area contributed by atoms with Crippen LogP contribution in [0.15, 0.2) is 0 Å². The Balaban J connectivity index is 3.60. The summed E-state index contributed by atoms with van der Waals surface area (Å²) in [4.78, 5) is 21.6. The van der Waals surface area contributed by atoms with Crippen LogP contribution in [0.4, 0.5) is 0 Å². The molecule has 0 fully saturated rings. The highest BCUT2D eigenvalue weighted by Gasteiger charge is 2.15. The van der Waals surface area contributed by atoms with Crippen molar-refractivity contribution in [1.82, 2.24) is 5.32 Å². The third-order valence-corrected chi connectivity index (χ3v) is 1.20. The molecule has 5 nitrogen and oxygen atoms in total. The van der Waals surface area contributed by atoms with Crippen molar-refractivity contribution in [1.29, 1.82) is 0 Å². The summed E-state index contributed by atoms with van der Waals surface area (Å²) in [5.74, 6) is -0.989. The lowest BCUT2D eigenvalue weighted by Gasteiger charge is -2.19. The molecule has 0 aliphatic carbocycles. The van der Waals surface area contributed by atoms with E-state index < -0.39 is 18.1 Å². The minimum Gasteiger partial charge on any atom is -0.460 e. The molecule has 0 aromatic rings. The van der Waals surface area contributed by atoms with Crippen molar-refractivity contribution in [2.75, 3.05) is 13.2 Å². The van der Waals surface area contributed by atoms with Gasteiger partial charge in [-0.15, -0.1) is 0 Å². The molecule has 0 saturated carbocycles. The average molecular weight is 202 g/mol. The summed E-state index contributed by atoms with van der Waals surface area (Å²) < 4.78 is 4.98. The Morgan fingerprint density at radius 3 is 2.29 bits per heavy atom. The Hall–Kier alpha value is -1.10. The molecular weight excluding hydrogens is 186 g/mol. The van der Waals surface area contributed by atoms with Gasteiger partial charge in [0.05, 0.1) is 6.42 Å². The third kappa shape index (κ3) is 7.54. The van der Waals surface area contributed by atoms with E-state index in [0.29, 0.717) is 0 Å². The van der Waals surface area contributed by atoms with E-state index in [0.717, 1.165) is 0 Å². The molecule has 0 bridgehead atoms. The maximum Gasteiger partial charge on any atom is 0.308 e. The zero-order valence-electron chi connectivity index (χ0n) is 8.75. The van der Waals surface area contributed by atoms with Gasteiger partial charge in [-0.3, -0.25) is 9.59 Å². The average Bonchev–Trinajstić information content (AvgIpc) is 2.00. The molecule has 5 heteroatoms. The standard InChI is InChI=1S/C9H16NO4/c1-9(2,3)14-8(13)4-5-10-7(12)6-11/h4-6H2,1-3H3,(H,10,12). The predicted molar refractivity (Wildman–Crippen MR) is 49.0 cm³/mol. The van der Waals surface area contributed by atoms with Crippen molar-refractivity contribution in [3.05, 3.63) is 0 Å². The number of ether oxygens (including phenoxy) is 1. The molecule has 1 amide bonds. The maximum atomic E-state index is 11.1. The second kappa shape index (κ2) is 5.59. The molecule has 0 aromatic carbocycles. The number of carbonyl (C=O) groups is 2. The van der Waals surface area contributed by atoms with Crippen LogP contribution in [0.5, 0.6) is 0 Å². The molecule has 1 N–H and O–H groups in total. The second-order valence-corrected chi connectivity index (χ2v) is 3.83. The fourth-order valence-corrected chi connectivity index (χ4v) is 0.748. The summed E-state index contributed by atoms with van der Waals surface area (Å²) in [7, 11) is 0. The van der Waals surface area contributed by atoms with Crippen molar-refractivity contribution in [2.24, 2.45) is 0 Å². The molecule has 0 atom stereocenters. The van der Waals surface area contributed by atoms with E-state index in [9.17, 15) is 14.7 Å². The first-order valence-electron chi connectivity index (χ1n) is 4.42. The molecule has 0 unspecified atom stereocenters. The normalized spacial score (nSPS) is 10.9. The van der Waals surface area contributed by atoms with E-state index >= 15 is 0 Å². The lowest BCUT2D eigenvalue weighted by molar-refractivity contribution is -0.154. The minimum absolute atomic E-state index is 0.0863. The molecule has 14 heavy (non-hydrogen) atoms. The van der Waals surface area contributed by atoms with Crippen LogP contribution in [0.25, 0.3) is 0 Å². The van der Waals surface area contributed by atoms with Crippen molar-refractivity contribution >= 4 is 11.9 Å². The zero-order valence-corrected chi connectivity index (χ0v) is 8.75. The van der Waals surface area contributed by atoms with Gasteiger partial charge >= 0.3 is 5.97 Å². The van der Waals surface area contributed by atoms with E-state index in [1.54, 1.807) is 20.8 Å². The lowest BCUT2D eigenvalue weighted by Crippen LogP contribution is -2.30. The number of esters is 1. The van der Waals surface area contributed by atoms with E-state index in [4.69, 9.17) is 4.74 Å². The second-order valence-electron chi connectivity index (χ2n) is 3.83. The van der Waals surface area contributed by atoms with Gasteiger partial charge in [0.25, 0.3) is 0 Å². The van der Waals surface area contributed by atoms with Gasteiger partial charge in [-0.05, 0) is 20.8 Å². The Morgan fingerprint density at radius 2 is 1.86 bits per heavy atom. The SMILES string of the molecule is CC(C)(C)OC(=O)CCNC(=O)C[O]. The van der Waals surface area contributed by atoms with Crippen LogP contribution in [0.3, 0.4) is 0 Å². The molecule has 1 radical (unpaired) electrons.